The summed E-state index contributed by atoms with van der Waals surface area (Å²) < 4.78 is 37.8. The molecule has 0 bridgehead atoms. The molecule has 0 atom stereocenters. The summed E-state index contributed by atoms with van der Waals surface area (Å²) in [5.41, 5.74) is 0. The van der Waals surface area contributed by atoms with Gasteiger partial charge in [-0.1, -0.05) is 77.6 Å². The number of hydrogen-bond acceptors (Lipinski definition) is 9. The molecule has 0 aliphatic heterocycles. The van der Waals surface area contributed by atoms with Crippen LogP contribution < -0.4 is 0 Å². The Labute approximate surface area is 239 Å². The van der Waals surface area contributed by atoms with E-state index in [0.717, 1.165) is 13.0 Å². The highest BCUT2D eigenvalue weighted by molar-refractivity contribution is 4.48. The molecule has 0 unspecified atom stereocenters. The second-order valence-corrected chi connectivity index (χ2v) is 9.40. The molecule has 9 heteroatoms. The second-order valence-electron chi connectivity index (χ2n) is 9.40. The molecule has 0 aliphatic carbocycles. The first-order chi connectivity index (χ1) is 19.4. The molecule has 0 aliphatic rings. The maximum atomic E-state index is 5.48. The molecule has 0 heterocycles. The van der Waals surface area contributed by atoms with Crippen LogP contribution >= 0.6 is 0 Å². The monoisotopic (exact) mass is 566 g/mol. The van der Waals surface area contributed by atoms with Gasteiger partial charge in [0.05, 0.1) is 92.5 Å². The van der Waals surface area contributed by atoms with Crippen LogP contribution in [0.2, 0.25) is 0 Å². The van der Waals surface area contributed by atoms with Crippen molar-refractivity contribution in [1.82, 2.24) is 0 Å². The van der Waals surface area contributed by atoms with Crippen molar-refractivity contribution < 1.29 is 42.9 Å². The van der Waals surface area contributed by atoms with Gasteiger partial charge >= 0.3 is 0 Å². The molecule has 9 nitrogen and oxygen atoms in total. The number of rotatable bonds is 36. The largest absolute Gasteiger partial charge is 0.379 e. The number of hydrogen-bond donors (Lipinski definition) is 0. The fourth-order valence-electron chi connectivity index (χ4n) is 3.68. The summed E-state index contributed by atoms with van der Waals surface area (Å²) in [4.78, 5) is 10.4. The summed E-state index contributed by atoms with van der Waals surface area (Å²) >= 11 is 0. The number of unbranched alkanes of at least 4 members (excludes halogenated alkanes) is 11. The Kier molecular flexibility index (Phi) is 37.3. The van der Waals surface area contributed by atoms with Crippen molar-refractivity contribution >= 4 is 0 Å². The van der Waals surface area contributed by atoms with Crippen LogP contribution in [0.5, 0.6) is 0 Å². The van der Waals surface area contributed by atoms with E-state index in [9.17, 15) is 0 Å². The molecule has 0 radical (unpaired) electrons. The summed E-state index contributed by atoms with van der Waals surface area (Å²) in [6, 6.07) is 0. The molecule has 0 rings (SSSR count). The van der Waals surface area contributed by atoms with Gasteiger partial charge in [0.15, 0.2) is 0 Å². The van der Waals surface area contributed by atoms with Crippen LogP contribution in [-0.4, -0.2) is 106 Å². The van der Waals surface area contributed by atoms with Crippen LogP contribution in [0, 0.1) is 0 Å². The minimum absolute atomic E-state index is 0.439. The van der Waals surface area contributed by atoms with Crippen LogP contribution in [0.25, 0.3) is 0 Å². The van der Waals surface area contributed by atoms with Crippen LogP contribution in [0.3, 0.4) is 0 Å². The SMILES string of the molecule is CCCCCCCCCCCCCCOOCCOCCOCCOCCOCCOCCOCCOCC. The van der Waals surface area contributed by atoms with Gasteiger partial charge in [0.1, 0.15) is 6.61 Å². The minimum Gasteiger partial charge on any atom is -0.379 e. The lowest BCUT2D eigenvalue weighted by Gasteiger charge is -2.08. The average Bonchev–Trinajstić information content (AvgIpc) is 2.95. The Morgan fingerprint density at radius 3 is 0.897 bits per heavy atom. The van der Waals surface area contributed by atoms with E-state index in [0.29, 0.717) is 99.1 Å². The molecule has 0 saturated carbocycles. The van der Waals surface area contributed by atoms with Gasteiger partial charge in [-0.05, 0) is 13.3 Å². The van der Waals surface area contributed by atoms with Gasteiger partial charge in [0.2, 0.25) is 0 Å². The fourth-order valence-corrected chi connectivity index (χ4v) is 3.68. The predicted octanol–water partition coefficient (Wildman–Crippen LogP) is 5.77. The molecule has 0 fully saturated rings. The van der Waals surface area contributed by atoms with Crippen LogP contribution in [0.4, 0.5) is 0 Å². The van der Waals surface area contributed by atoms with Gasteiger partial charge < -0.3 is 33.2 Å². The molecule has 0 aromatic heterocycles. The topological polar surface area (TPSA) is 83.1 Å². The van der Waals surface area contributed by atoms with E-state index >= 15 is 0 Å². The van der Waals surface area contributed by atoms with E-state index in [2.05, 4.69) is 6.92 Å². The first-order valence-electron chi connectivity index (χ1n) is 15.7. The van der Waals surface area contributed by atoms with E-state index in [4.69, 9.17) is 42.9 Å². The molecule has 0 amide bonds. The summed E-state index contributed by atoms with van der Waals surface area (Å²) in [6.45, 7) is 13.2. The standard InChI is InChI=1S/C30H62O9/c1-3-5-6-7-8-9-10-11-12-13-14-15-16-38-39-30-29-37-28-27-36-26-25-35-24-23-34-22-21-33-20-19-32-18-17-31-4-2/h3-30H2,1-2H3. The lowest BCUT2D eigenvalue weighted by atomic mass is 10.1. The smallest absolute Gasteiger partial charge is 0.106 e. The van der Waals surface area contributed by atoms with Crippen molar-refractivity contribution in [2.45, 2.75) is 90.9 Å². The summed E-state index contributed by atoms with van der Waals surface area (Å²) in [5.74, 6) is 0. The summed E-state index contributed by atoms with van der Waals surface area (Å²) in [5, 5.41) is 0. The van der Waals surface area contributed by atoms with E-state index in [-0.39, 0.29) is 0 Å². The first-order valence-corrected chi connectivity index (χ1v) is 15.7. The Morgan fingerprint density at radius 2 is 0.538 bits per heavy atom. The zero-order valence-electron chi connectivity index (χ0n) is 25.5. The van der Waals surface area contributed by atoms with Crippen molar-refractivity contribution in [3.05, 3.63) is 0 Å². The number of ether oxygens (including phenoxy) is 7. The van der Waals surface area contributed by atoms with Crippen molar-refractivity contribution in [2.75, 3.05) is 106 Å². The second kappa shape index (κ2) is 37.6. The predicted molar refractivity (Wildman–Crippen MR) is 154 cm³/mol. The van der Waals surface area contributed by atoms with Gasteiger partial charge in [-0.15, -0.1) is 0 Å². The van der Waals surface area contributed by atoms with Crippen molar-refractivity contribution in [3.8, 4) is 0 Å². The molecule has 0 aromatic rings. The van der Waals surface area contributed by atoms with Crippen molar-refractivity contribution in [3.63, 3.8) is 0 Å². The van der Waals surface area contributed by atoms with Crippen LogP contribution in [-0.2, 0) is 42.9 Å². The average molecular weight is 567 g/mol. The highest BCUT2D eigenvalue weighted by atomic mass is 17.2. The molecule has 39 heavy (non-hydrogen) atoms. The molecule has 0 spiro atoms. The lowest BCUT2D eigenvalue weighted by molar-refractivity contribution is -0.299. The van der Waals surface area contributed by atoms with Crippen molar-refractivity contribution in [2.24, 2.45) is 0 Å². The Hall–Kier alpha value is -0.360. The quantitative estimate of drug-likeness (QED) is 0.0533. The van der Waals surface area contributed by atoms with E-state index in [1.165, 1.54) is 70.6 Å². The maximum absolute atomic E-state index is 5.48. The van der Waals surface area contributed by atoms with Crippen LogP contribution in [0.15, 0.2) is 0 Å². The van der Waals surface area contributed by atoms with E-state index in [1.807, 2.05) is 6.92 Å². The molecule has 236 valence electrons. The zero-order chi connectivity index (χ0) is 28.2. The Balaban J connectivity index is 3.01. The molecule has 0 saturated heterocycles. The normalized spacial score (nSPS) is 11.5. The Bertz CT molecular complexity index is 380. The van der Waals surface area contributed by atoms with Gasteiger partial charge in [0, 0.05) is 6.61 Å². The lowest BCUT2D eigenvalue weighted by Crippen LogP contribution is -2.15. The summed E-state index contributed by atoms with van der Waals surface area (Å²) in [7, 11) is 0. The first kappa shape index (κ1) is 38.6. The highest BCUT2D eigenvalue weighted by Crippen LogP contribution is 2.11. The molecular formula is C30H62O9. The maximum Gasteiger partial charge on any atom is 0.106 e. The third kappa shape index (κ3) is 37.6. The van der Waals surface area contributed by atoms with E-state index in [1.54, 1.807) is 0 Å². The molecule has 0 aromatic carbocycles. The zero-order valence-corrected chi connectivity index (χ0v) is 25.5. The fraction of sp³-hybridized carbons (Fsp3) is 1.00. The van der Waals surface area contributed by atoms with Crippen LogP contribution in [0.1, 0.15) is 90.9 Å². The molecule has 0 N–H and O–H groups in total. The summed E-state index contributed by atoms with van der Waals surface area (Å²) in [6.07, 6.45) is 16.1. The Morgan fingerprint density at radius 1 is 0.256 bits per heavy atom. The van der Waals surface area contributed by atoms with Gasteiger partial charge in [0.25, 0.3) is 0 Å². The van der Waals surface area contributed by atoms with E-state index < -0.39 is 0 Å². The van der Waals surface area contributed by atoms with Gasteiger partial charge in [-0.3, -0.25) is 0 Å². The van der Waals surface area contributed by atoms with Gasteiger partial charge in [-0.2, -0.15) is 0 Å². The van der Waals surface area contributed by atoms with Gasteiger partial charge in [-0.25, -0.2) is 9.78 Å². The highest BCUT2D eigenvalue weighted by Gasteiger charge is 1.97. The van der Waals surface area contributed by atoms with Crippen molar-refractivity contribution in [1.29, 1.82) is 0 Å². The minimum atomic E-state index is 0.439. The third-order valence-electron chi connectivity index (χ3n) is 5.91. The third-order valence-corrected chi connectivity index (χ3v) is 5.91. The molecular weight excluding hydrogens is 504 g/mol.